The zero-order valence-corrected chi connectivity index (χ0v) is 17.4. The summed E-state index contributed by atoms with van der Waals surface area (Å²) in [7, 11) is 3.01. The van der Waals surface area contributed by atoms with E-state index in [9.17, 15) is 14.9 Å². The van der Waals surface area contributed by atoms with E-state index >= 15 is 0 Å². The van der Waals surface area contributed by atoms with Crippen LogP contribution in [0.25, 0.3) is 22.2 Å². The summed E-state index contributed by atoms with van der Waals surface area (Å²) < 4.78 is 10.6. The van der Waals surface area contributed by atoms with Crippen LogP contribution in [-0.2, 0) is 0 Å². The number of amides is 1. The molecule has 0 unspecified atom stereocenters. The van der Waals surface area contributed by atoms with Crippen LogP contribution in [0.2, 0.25) is 0 Å². The van der Waals surface area contributed by atoms with E-state index in [-0.39, 0.29) is 11.4 Å². The van der Waals surface area contributed by atoms with E-state index in [0.717, 1.165) is 5.56 Å². The predicted molar refractivity (Wildman–Crippen MR) is 121 cm³/mol. The van der Waals surface area contributed by atoms with E-state index in [1.165, 1.54) is 25.3 Å². The van der Waals surface area contributed by atoms with Gasteiger partial charge in [0, 0.05) is 23.1 Å². The van der Waals surface area contributed by atoms with E-state index in [4.69, 9.17) is 14.5 Å². The Morgan fingerprint density at radius 1 is 0.969 bits per heavy atom. The fourth-order valence-electron chi connectivity index (χ4n) is 3.39. The van der Waals surface area contributed by atoms with Crippen LogP contribution in [0.5, 0.6) is 11.5 Å². The molecule has 4 rings (SSSR count). The number of methoxy groups -OCH3 is 2. The Hall–Kier alpha value is -4.46. The second-order valence-electron chi connectivity index (χ2n) is 6.90. The number of aromatic nitrogens is 1. The van der Waals surface area contributed by atoms with Crippen LogP contribution in [0.1, 0.15) is 10.4 Å². The molecule has 32 heavy (non-hydrogen) atoms. The van der Waals surface area contributed by atoms with Gasteiger partial charge in [0.15, 0.2) is 0 Å². The van der Waals surface area contributed by atoms with Crippen molar-refractivity contribution in [3.05, 3.63) is 88.5 Å². The number of hydrogen-bond acceptors (Lipinski definition) is 6. The van der Waals surface area contributed by atoms with Crippen LogP contribution < -0.4 is 14.8 Å². The molecule has 1 amide bonds. The average Bonchev–Trinajstić information content (AvgIpc) is 2.83. The summed E-state index contributed by atoms with van der Waals surface area (Å²) in [5, 5.41) is 14.6. The number of nitrogens with zero attached hydrogens (tertiary/aromatic N) is 2. The summed E-state index contributed by atoms with van der Waals surface area (Å²) in [4.78, 5) is 28.6. The summed E-state index contributed by atoms with van der Waals surface area (Å²) in [6.07, 6.45) is 0. The maximum Gasteiger partial charge on any atom is 0.271 e. The molecule has 0 fully saturated rings. The maximum absolute atomic E-state index is 13.3. The molecule has 0 atom stereocenters. The molecule has 1 heterocycles. The van der Waals surface area contributed by atoms with Gasteiger partial charge in [-0.05, 0) is 30.3 Å². The number of fused-ring (bicyclic) bond motifs is 1. The van der Waals surface area contributed by atoms with Crippen molar-refractivity contribution < 1.29 is 19.2 Å². The lowest BCUT2D eigenvalue weighted by molar-refractivity contribution is -0.384. The van der Waals surface area contributed by atoms with Gasteiger partial charge in [-0.3, -0.25) is 14.9 Å². The van der Waals surface area contributed by atoms with Gasteiger partial charge >= 0.3 is 0 Å². The third kappa shape index (κ3) is 4.06. The molecule has 0 saturated heterocycles. The summed E-state index contributed by atoms with van der Waals surface area (Å²) in [6, 6.07) is 20.4. The number of nitro benzene ring substituents is 1. The molecule has 0 saturated carbocycles. The minimum Gasteiger partial charge on any atom is -0.497 e. The summed E-state index contributed by atoms with van der Waals surface area (Å²) in [6.45, 7) is 0. The van der Waals surface area contributed by atoms with Gasteiger partial charge in [0.05, 0.1) is 41.6 Å². The van der Waals surface area contributed by atoms with Gasteiger partial charge in [-0.25, -0.2) is 4.98 Å². The highest BCUT2D eigenvalue weighted by atomic mass is 16.6. The molecule has 3 aromatic carbocycles. The molecule has 1 aromatic heterocycles. The first-order valence-corrected chi connectivity index (χ1v) is 9.68. The van der Waals surface area contributed by atoms with Crippen molar-refractivity contribution in [1.82, 2.24) is 4.98 Å². The molecule has 0 aliphatic heterocycles. The molecule has 8 nitrogen and oxygen atoms in total. The van der Waals surface area contributed by atoms with Gasteiger partial charge in [-0.1, -0.05) is 30.3 Å². The molecule has 0 aliphatic carbocycles. The van der Waals surface area contributed by atoms with Crippen molar-refractivity contribution in [2.45, 2.75) is 0 Å². The van der Waals surface area contributed by atoms with Crippen LogP contribution in [0.4, 0.5) is 11.4 Å². The molecule has 1 N–H and O–H groups in total. The number of benzene rings is 3. The normalized spacial score (nSPS) is 10.6. The van der Waals surface area contributed by atoms with Crippen LogP contribution in [0.15, 0.2) is 72.8 Å². The molecule has 0 spiro atoms. The second kappa shape index (κ2) is 8.73. The highest BCUT2D eigenvalue weighted by Crippen LogP contribution is 2.31. The number of carbonyl (C=O) groups is 1. The van der Waals surface area contributed by atoms with Gasteiger partial charge in [0.25, 0.3) is 11.6 Å². The number of carbonyl (C=O) groups excluding carboxylic acids is 1. The van der Waals surface area contributed by atoms with Crippen LogP contribution >= 0.6 is 0 Å². The van der Waals surface area contributed by atoms with Gasteiger partial charge < -0.3 is 14.8 Å². The van der Waals surface area contributed by atoms with E-state index in [2.05, 4.69) is 5.32 Å². The smallest absolute Gasteiger partial charge is 0.271 e. The van der Waals surface area contributed by atoms with Crippen molar-refractivity contribution in [3.8, 4) is 22.8 Å². The van der Waals surface area contributed by atoms with E-state index in [0.29, 0.717) is 33.7 Å². The first-order valence-electron chi connectivity index (χ1n) is 9.68. The van der Waals surface area contributed by atoms with Crippen LogP contribution in [0.3, 0.4) is 0 Å². The third-order valence-electron chi connectivity index (χ3n) is 4.97. The van der Waals surface area contributed by atoms with Crippen molar-refractivity contribution in [3.63, 3.8) is 0 Å². The summed E-state index contributed by atoms with van der Waals surface area (Å²) in [5.41, 5.74) is 2.45. The molecule has 0 aliphatic rings. The lowest BCUT2D eigenvalue weighted by atomic mass is 10.0. The zero-order chi connectivity index (χ0) is 22.7. The fraction of sp³-hybridized carbons (Fsp3) is 0.0833. The lowest BCUT2D eigenvalue weighted by Gasteiger charge is -2.13. The Morgan fingerprint density at radius 3 is 2.53 bits per heavy atom. The Bertz CT molecular complexity index is 1340. The minimum absolute atomic E-state index is 0.155. The second-order valence-corrected chi connectivity index (χ2v) is 6.90. The number of hydrogen-bond donors (Lipinski definition) is 1. The van der Waals surface area contributed by atoms with E-state index in [1.807, 2.05) is 42.5 Å². The number of anilines is 1. The Labute approximate surface area is 183 Å². The Kier molecular flexibility index (Phi) is 5.67. The van der Waals surface area contributed by atoms with Gasteiger partial charge in [-0.2, -0.15) is 0 Å². The molecular formula is C24H19N3O5. The van der Waals surface area contributed by atoms with Crippen LogP contribution in [0, 0.1) is 10.1 Å². The highest BCUT2D eigenvalue weighted by Gasteiger charge is 2.18. The Morgan fingerprint density at radius 2 is 1.78 bits per heavy atom. The molecule has 160 valence electrons. The summed E-state index contributed by atoms with van der Waals surface area (Å²) in [5.74, 6) is 0.548. The zero-order valence-electron chi connectivity index (χ0n) is 17.4. The van der Waals surface area contributed by atoms with Gasteiger partial charge in [0.1, 0.15) is 11.5 Å². The molecule has 4 aromatic rings. The number of rotatable bonds is 6. The average molecular weight is 429 g/mol. The van der Waals surface area contributed by atoms with Crippen molar-refractivity contribution >= 4 is 28.2 Å². The topological polar surface area (TPSA) is 104 Å². The van der Waals surface area contributed by atoms with E-state index in [1.54, 1.807) is 19.2 Å². The number of nitro groups is 1. The van der Waals surface area contributed by atoms with Gasteiger partial charge in [0.2, 0.25) is 0 Å². The van der Waals surface area contributed by atoms with Crippen molar-refractivity contribution in [1.29, 1.82) is 0 Å². The standard InChI is InChI=1S/C24H19N3O5/c1-31-17-7-5-6-15(12-17)21-14-19(18-8-3-4-9-20(18)25-21)24(28)26-22-13-16(27(29)30)10-11-23(22)32-2/h3-14H,1-2H3,(H,26,28). The third-order valence-corrected chi connectivity index (χ3v) is 4.97. The van der Waals surface area contributed by atoms with Crippen molar-refractivity contribution in [2.75, 3.05) is 19.5 Å². The van der Waals surface area contributed by atoms with Crippen molar-refractivity contribution in [2.24, 2.45) is 0 Å². The molecular weight excluding hydrogens is 410 g/mol. The monoisotopic (exact) mass is 429 g/mol. The number of non-ortho nitro benzene ring substituents is 1. The predicted octanol–water partition coefficient (Wildman–Crippen LogP) is 5.08. The molecule has 0 bridgehead atoms. The molecule has 0 radical (unpaired) electrons. The largest absolute Gasteiger partial charge is 0.497 e. The number of para-hydroxylation sites is 1. The first kappa shape index (κ1) is 20.8. The van der Waals surface area contributed by atoms with Crippen LogP contribution in [-0.4, -0.2) is 30.0 Å². The number of pyridine rings is 1. The maximum atomic E-state index is 13.3. The highest BCUT2D eigenvalue weighted by molar-refractivity contribution is 6.13. The van der Waals surface area contributed by atoms with E-state index < -0.39 is 10.8 Å². The quantitative estimate of drug-likeness (QED) is 0.339. The Balaban J connectivity index is 1.81. The minimum atomic E-state index is -0.530. The summed E-state index contributed by atoms with van der Waals surface area (Å²) >= 11 is 0. The number of nitrogens with one attached hydrogen (secondary N) is 1. The first-order chi connectivity index (χ1) is 15.5. The van der Waals surface area contributed by atoms with Gasteiger partial charge in [-0.15, -0.1) is 0 Å². The fourth-order valence-corrected chi connectivity index (χ4v) is 3.39. The SMILES string of the molecule is COc1cccc(-c2cc(C(=O)Nc3cc([N+](=O)[O-])ccc3OC)c3ccccc3n2)c1. The lowest BCUT2D eigenvalue weighted by Crippen LogP contribution is -2.14. The molecule has 8 heteroatoms. The number of ether oxygens (including phenoxy) is 2.